The van der Waals surface area contributed by atoms with Crippen LogP contribution in [0.3, 0.4) is 0 Å². The fraction of sp³-hybridized carbons (Fsp3) is 0.417. The standard InChI is InChI=1S/C12H15N3O4/c1-19-12(16)8-4-5-14(7-8)9-2-3-11(15(17)18)10(13)6-9/h2-3,6,8H,4-5,7,13H2,1H3. The molecule has 1 heterocycles. The van der Waals surface area contributed by atoms with Crippen molar-refractivity contribution in [2.24, 2.45) is 5.92 Å². The molecule has 0 aromatic heterocycles. The number of benzene rings is 1. The SMILES string of the molecule is COC(=O)C1CCN(c2ccc([N+](=O)[O-])c(N)c2)C1. The molecule has 0 saturated carbocycles. The monoisotopic (exact) mass is 265 g/mol. The van der Waals surface area contributed by atoms with Gasteiger partial charge in [0.1, 0.15) is 5.69 Å². The molecule has 1 saturated heterocycles. The quantitative estimate of drug-likeness (QED) is 0.381. The first-order chi connectivity index (χ1) is 9.02. The van der Waals surface area contributed by atoms with Crippen LogP contribution in [0.5, 0.6) is 0 Å². The highest BCUT2D eigenvalue weighted by atomic mass is 16.6. The smallest absolute Gasteiger partial charge is 0.310 e. The fourth-order valence-electron chi connectivity index (χ4n) is 2.26. The number of nitrogens with zero attached hydrogens (tertiary/aromatic N) is 2. The van der Waals surface area contributed by atoms with Crippen molar-refractivity contribution in [2.45, 2.75) is 6.42 Å². The Hall–Kier alpha value is -2.31. The van der Waals surface area contributed by atoms with E-state index in [1.165, 1.54) is 13.2 Å². The molecule has 0 radical (unpaired) electrons. The van der Waals surface area contributed by atoms with Crippen LogP contribution < -0.4 is 10.6 Å². The van der Waals surface area contributed by atoms with Crippen molar-refractivity contribution in [3.63, 3.8) is 0 Å². The lowest BCUT2D eigenvalue weighted by atomic mass is 10.1. The highest BCUT2D eigenvalue weighted by molar-refractivity contribution is 5.75. The number of esters is 1. The van der Waals surface area contributed by atoms with E-state index < -0.39 is 4.92 Å². The van der Waals surface area contributed by atoms with Crippen molar-refractivity contribution in [1.82, 2.24) is 0 Å². The summed E-state index contributed by atoms with van der Waals surface area (Å²) in [4.78, 5) is 23.6. The van der Waals surface area contributed by atoms with Crippen LogP contribution in [0, 0.1) is 16.0 Å². The van der Waals surface area contributed by atoms with Gasteiger partial charge in [0.05, 0.1) is 18.0 Å². The number of methoxy groups -OCH3 is 1. The topological polar surface area (TPSA) is 98.7 Å². The van der Waals surface area contributed by atoms with E-state index in [9.17, 15) is 14.9 Å². The van der Waals surface area contributed by atoms with Gasteiger partial charge in [-0.15, -0.1) is 0 Å². The van der Waals surface area contributed by atoms with Crippen molar-refractivity contribution in [3.05, 3.63) is 28.3 Å². The van der Waals surface area contributed by atoms with Gasteiger partial charge in [-0.3, -0.25) is 14.9 Å². The third kappa shape index (κ3) is 2.59. The molecule has 0 bridgehead atoms. The van der Waals surface area contributed by atoms with Gasteiger partial charge >= 0.3 is 5.97 Å². The maximum atomic E-state index is 11.4. The number of nitro benzene ring substituents is 1. The van der Waals surface area contributed by atoms with E-state index in [0.29, 0.717) is 19.5 Å². The Kier molecular flexibility index (Phi) is 3.55. The summed E-state index contributed by atoms with van der Waals surface area (Å²) >= 11 is 0. The average molecular weight is 265 g/mol. The second-order valence-electron chi connectivity index (χ2n) is 4.46. The van der Waals surface area contributed by atoms with E-state index in [1.54, 1.807) is 12.1 Å². The molecule has 7 heteroatoms. The van der Waals surface area contributed by atoms with E-state index in [1.807, 2.05) is 4.90 Å². The summed E-state index contributed by atoms with van der Waals surface area (Å²) < 4.78 is 4.71. The zero-order valence-corrected chi connectivity index (χ0v) is 10.5. The lowest BCUT2D eigenvalue weighted by Crippen LogP contribution is -2.23. The van der Waals surface area contributed by atoms with Gasteiger partial charge in [0.25, 0.3) is 5.69 Å². The summed E-state index contributed by atoms with van der Waals surface area (Å²) in [5, 5.41) is 10.7. The average Bonchev–Trinajstić information content (AvgIpc) is 2.86. The van der Waals surface area contributed by atoms with Crippen LogP contribution in [-0.4, -0.2) is 31.1 Å². The van der Waals surface area contributed by atoms with E-state index in [4.69, 9.17) is 10.5 Å². The molecule has 0 amide bonds. The van der Waals surface area contributed by atoms with E-state index in [-0.39, 0.29) is 23.3 Å². The molecule has 1 unspecified atom stereocenters. The highest BCUT2D eigenvalue weighted by Crippen LogP contribution is 2.30. The molecule has 1 aromatic rings. The number of nitrogen functional groups attached to an aromatic ring is 1. The molecule has 19 heavy (non-hydrogen) atoms. The molecule has 1 aromatic carbocycles. The Morgan fingerprint density at radius 1 is 1.58 bits per heavy atom. The van der Waals surface area contributed by atoms with Gasteiger partial charge in [0, 0.05) is 24.8 Å². The van der Waals surface area contributed by atoms with Crippen LogP contribution in [0.2, 0.25) is 0 Å². The molecule has 1 atom stereocenters. The van der Waals surface area contributed by atoms with Gasteiger partial charge in [-0.2, -0.15) is 0 Å². The number of nitro groups is 1. The molecular formula is C12H15N3O4. The molecule has 2 N–H and O–H groups in total. The molecule has 0 aliphatic carbocycles. The van der Waals surface area contributed by atoms with Gasteiger partial charge in [0.2, 0.25) is 0 Å². The van der Waals surface area contributed by atoms with Crippen molar-refractivity contribution < 1.29 is 14.5 Å². The van der Waals surface area contributed by atoms with Crippen LogP contribution in [0.15, 0.2) is 18.2 Å². The predicted octanol–water partition coefficient (Wildman–Crippen LogP) is 1.18. The summed E-state index contributed by atoms with van der Waals surface area (Å²) in [7, 11) is 1.37. The van der Waals surface area contributed by atoms with Crippen molar-refractivity contribution in [2.75, 3.05) is 30.8 Å². The fourth-order valence-corrected chi connectivity index (χ4v) is 2.26. The second kappa shape index (κ2) is 5.13. The molecule has 1 fully saturated rings. The van der Waals surface area contributed by atoms with Crippen molar-refractivity contribution in [1.29, 1.82) is 0 Å². The number of hydrogen-bond acceptors (Lipinski definition) is 6. The van der Waals surface area contributed by atoms with Crippen LogP contribution in [0.1, 0.15) is 6.42 Å². The van der Waals surface area contributed by atoms with Gasteiger partial charge < -0.3 is 15.4 Å². The van der Waals surface area contributed by atoms with Gasteiger partial charge in [-0.05, 0) is 18.6 Å². The van der Waals surface area contributed by atoms with E-state index in [0.717, 1.165) is 5.69 Å². The predicted molar refractivity (Wildman–Crippen MR) is 69.8 cm³/mol. The molecule has 1 aliphatic rings. The number of carbonyl (C=O) groups is 1. The summed E-state index contributed by atoms with van der Waals surface area (Å²) in [5.41, 5.74) is 6.46. The second-order valence-corrected chi connectivity index (χ2v) is 4.46. The normalized spacial score (nSPS) is 18.4. The summed E-state index contributed by atoms with van der Waals surface area (Å²) in [5.74, 6) is -0.376. The van der Waals surface area contributed by atoms with Gasteiger partial charge in [0.15, 0.2) is 0 Å². The summed E-state index contributed by atoms with van der Waals surface area (Å²) in [6, 6.07) is 4.60. The van der Waals surface area contributed by atoms with Gasteiger partial charge in [-0.25, -0.2) is 0 Å². The van der Waals surface area contributed by atoms with Crippen LogP contribution in [0.25, 0.3) is 0 Å². The van der Waals surface area contributed by atoms with Crippen LogP contribution in [-0.2, 0) is 9.53 Å². The lowest BCUT2D eigenvalue weighted by Gasteiger charge is -2.18. The minimum absolute atomic E-state index is 0.104. The number of carbonyl (C=O) groups excluding carboxylic acids is 1. The van der Waals surface area contributed by atoms with Crippen LogP contribution in [0.4, 0.5) is 17.1 Å². The molecule has 7 nitrogen and oxygen atoms in total. The first-order valence-corrected chi connectivity index (χ1v) is 5.89. The number of nitrogens with two attached hydrogens (primary N) is 1. The number of ether oxygens (including phenoxy) is 1. The minimum atomic E-state index is -0.514. The molecule has 1 aliphatic heterocycles. The maximum absolute atomic E-state index is 11.4. The third-order valence-electron chi connectivity index (χ3n) is 3.30. The zero-order chi connectivity index (χ0) is 14.0. The first-order valence-electron chi connectivity index (χ1n) is 5.89. The van der Waals surface area contributed by atoms with Crippen LogP contribution >= 0.6 is 0 Å². The minimum Gasteiger partial charge on any atom is -0.469 e. The molecule has 0 spiro atoms. The van der Waals surface area contributed by atoms with Crippen molar-refractivity contribution >= 4 is 23.0 Å². The maximum Gasteiger partial charge on any atom is 0.310 e. The van der Waals surface area contributed by atoms with Gasteiger partial charge in [-0.1, -0.05) is 0 Å². The summed E-state index contributed by atoms with van der Waals surface area (Å²) in [6.07, 6.45) is 0.712. The molecular weight excluding hydrogens is 250 g/mol. The highest BCUT2D eigenvalue weighted by Gasteiger charge is 2.29. The molecule has 102 valence electrons. The lowest BCUT2D eigenvalue weighted by molar-refractivity contribution is -0.383. The summed E-state index contributed by atoms with van der Waals surface area (Å²) in [6.45, 7) is 1.25. The Bertz CT molecular complexity index is 518. The van der Waals surface area contributed by atoms with E-state index >= 15 is 0 Å². The Morgan fingerprint density at radius 3 is 2.89 bits per heavy atom. The zero-order valence-electron chi connectivity index (χ0n) is 10.5. The number of rotatable bonds is 3. The Morgan fingerprint density at radius 2 is 2.32 bits per heavy atom. The largest absolute Gasteiger partial charge is 0.469 e. The Balaban J connectivity index is 2.14. The van der Waals surface area contributed by atoms with E-state index in [2.05, 4.69) is 0 Å². The number of hydrogen-bond donors (Lipinski definition) is 1. The molecule has 2 rings (SSSR count). The van der Waals surface area contributed by atoms with Crippen molar-refractivity contribution in [3.8, 4) is 0 Å². The third-order valence-corrected chi connectivity index (χ3v) is 3.30. The Labute approximate surface area is 110 Å². The number of anilines is 2. The first kappa shape index (κ1) is 13.1.